The first kappa shape index (κ1) is 26.7. The van der Waals surface area contributed by atoms with Crippen LogP contribution >= 0.6 is 11.6 Å². The average Bonchev–Trinajstić information content (AvgIpc) is 3.49. The molecule has 2 N–H and O–H groups in total. The van der Waals surface area contributed by atoms with Crippen molar-refractivity contribution in [1.29, 1.82) is 0 Å². The van der Waals surface area contributed by atoms with Gasteiger partial charge in [0.25, 0.3) is 17.6 Å². The predicted octanol–water partition coefficient (Wildman–Crippen LogP) is 3.59. The van der Waals surface area contributed by atoms with E-state index in [4.69, 9.17) is 11.6 Å². The Balaban J connectivity index is 1.74. The Morgan fingerprint density at radius 2 is 1.87 bits per heavy atom. The van der Waals surface area contributed by atoms with E-state index in [1.165, 1.54) is 12.3 Å². The number of rotatable bonds is 7. The molecule has 198 valence electrons. The molecule has 0 aliphatic rings. The first-order valence-electron chi connectivity index (χ1n) is 11.2. The van der Waals surface area contributed by atoms with Crippen molar-refractivity contribution in [3.8, 4) is 5.82 Å². The second kappa shape index (κ2) is 10.6. The zero-order valence-electron chi connectivity index (χ0n) is 20.3. The number of aromatic nitrogens is 7. The van der Waals surface area contributed by atoms with Crippen molar-refractivity contribution in [2.24, 2.45) is 0 Å². The number of carbonyl (C=O) groups excluding carboxylic acids is 2. The summed E-state index contributed by atoms with van der Waals surface area (Å²) in [6, 6.07) is 7.93. The number of nitrogens with one attached hydrogen (secondary N) is 2. The number of pyridine rings is 1. The van der Waals surface area contributed by atoms with Crippen LogP contribution in [0.3, 0.4) is 0 Å². The van der Waals surface area contributed by atoms with Crippen LogP contribution in [0.4, 0.5) is 18.9 Å². The van der Waals surface area contributed by atoms with E-state index in [0.29, 0.717) is 22.6 Å². The second-order valence-corrected chi connectivity index (χ2v) is 8.61. The van der Waals surface area contributed by atoms with E-state index in [0.717, 1.165) is 10.2 Å². The molecule has 0 atom stereocenters. The van der Waals surface area contributed by atoms with Gasteiger partial charge in [-0.25, -0.2) is 9.67 Å². The lowest BCUT2D eigenvalue weighted by Gasteiger charge is -2.15. The molecule has 0 aliphatic heterocycles. The lowest BCUT2D eigenvalue weighted by atomic mass is 10.0. The predicted molar refractivity (Wildman–Crippen MR) is 130 cm³/mol. The molecular weight excluding hydrogens is 527 g/mol. The summed E-state index contributed by atoms with van der Waals surface area (Å²) >= 11 is 6.29. The minimum absolute atomic E-state index is 0.0430. The molecule has 15 heteroatoms. The number of carbonyl (C=O) groups is 2. The lowest BCUT2D eigenvalue weighted by molar-refractivity contribution is -0.145. The minimum atomic E-state index is -4.77. The number of nitrogens with zero attached hydrogens (tertiary/aromatic N) is 7. The van der Waals surface area contributed by atoms with E-state index in [9.17, 15) is 22.8 Å². The third-order valence-electron chi connectivity index (χ3n) is 5.24. The van der Waals surface area contributed by atoms with Crippen molar-refractivity contribution in [3.05, 3.63) is 75.5 Å². The highest BCUT2D eigenvalue weighted by atomic mass is 35.5. The highest BCUT2D eigenvalue weighted by molar-refractivity contribution is 6.32. The minimum Gasteiger partial charge on any atom is -0.352 e. The number of halogens is 4. The van der Waals surface area contributed by atoms with Crippen LogP contribution in [0.15, 0.2) is 36.5 Å². The van der Waals surface area contributed by atoms with Crippen molar-refractivity contribution in [2.45, 2.75) is 33.5 Å². The summed E-state index contributed by atoms with van der Waals surface area (Å²) in [7, 11) is 0. The summed E-state index contributed by atoms with van der Waals surface area (Å²) in [6.45, 7) is 5.41. The number of benzene rings is 1. The highest BCUT2D eigenvalue weighted by Crippen LogP contribution is 2.27. The Bertz CT molecular complexity index is 1510. The van der Waals surface area contributed by atoms with Crippen molar-refractivity contribution < 1.29 is 22.8 Å². The summed E-state index contributed by atoms with van der Waals surface area (Å²) < 4.78 is 39.8. The summed E-state index contributed by atoms with van der Waals surface area (Å²) in [5.74, 6) is -2.33. The normalized spacial score (nSPS) is 11.4. The van der Waals surface area contributed by atoms with Crippen LogP contribution < -0.4 is 10.6 Å². The lowest BCUT2D eigenvalue weighted by Crippen LogP contribution is -2.26. The largest absolute Gasteiger partial charge is 0.455 e. The fraction of sp³-hybridized carbons (Fsp3) is 0.261. The molecule has 3 aromatic heterocycles. The molecule has 0 aliphatic carbocycles. The Morgan fingerprint density at radius 1 is 1.11 bits per heavy atom. The number of tetrazole rings is 1. The van der Waals surface area contributed by atoms with E-state index in [1.54, 1.807) is 32.0 Å². The second-order valence-electron chi connectivity index (χ2n) is 8.20. The van der Waals surface area contributed by atoms with E-state index in [2.05, 4.69) is 36.1 Å². The van der Waals surface area contributed by atoms with Gasteiger partial charge in [-0.2, -0.15) is 23.1 Å². The number of amides is 2. The van der Waals surface area contributed by atoms with E-state index < -0.39 is 17.9 Å². The molecule has 38 heavy (non-hydrogen) atoms. The molecule has 0 radical (unpaired) electrons. The topological polar surface area (TPSA) is 133 Å². The molecule has 0 fully saturated rings. The summed E-state index contributed by atoms with van der Waals surface area (Å²) in [6.07, 6.45) is -3.33. The molecule has 4 aromatic rings. The van der Waals surface area contributed by atoms with Crippen LogP contribution in [0.1, 0.15) is 50.4 Å². The van der Waals surface area contributed by atoms with Crippen LogP contribution in [0.25, 0.3) is 5.82 Å². The van der Waals surface area contributed by atoms with Crippen LogP contribution in [-0.2, 0) is 12.7 Å². The molecule has 4 rings (SSSR count). The SMILES string of the molecule is CCNC(=O)c1cc(C)cc(C)c1NC(=O)c1cc(Cn2nnc(C(F)(F)F)n2)nn1-c1ncccc1Cl. The average molecular weight is 548 g/mol. The van der Waals surface area contributed by atoms with Gasteiger partial charge in [0.2, 0.25) is 0 Å². The van der Waals surface area contributed by atoms with Gasteiger partial charge in [0.1, 0.15) is 12.2 Å². The molecule has 3 heterocycles. The van der Waals surface area contributed by atoms with Crippen molar-refractivity contribution >= 4 is 29.1 Å². The van der Waals surface area contributed by atoms with Gasteiger partial charge >= 0.3 is 6.18 Å². The Hall–Kier alpha value is -4.33. The van der Waals surface area contributed by atoms with Gasteiger partial charge in [-0.05, 0) is 61.4 Å². The van der Waals surface area contributed by atoms with Gasteiger partial charge in [-0.1, -0.05) is 17.7 Å². The highest BCUT2D eigenvalue weighted by Gasteiger charge is 2.37. The fourth-order valence-electron chi connectivity index (χ4n) is 3.68. The fourth-order valence-corrected chi connectivity index (χ4v) is 3.88. The molecule has 0 saturated heterocycles. The van der Waals surface area contributed by atoms with Gasteiger partial charge in [-0.3, -0.25) is 9.59 Å². The maximum atomic E-state index is 13.5. The Morgan fingerprint density at radius 3 is 2.53 bits per heavy atom. The molecule has 0 unspecified atom stereocenters. The monoisotopic (exact) mass is 547 g/mol. The van der Waals surface area contributed by atoms with Gasteiger partial charge < -0.3 is 10.6 Å². The summed E-state index contributed by atoms with van der Waals surface area (Å²) in [5, 5.41) is 19.7. The van der Waals surface area contributed by atoms with Crippen molar-refractivity contribution in [3.63, 3.8) is 0 Å². The Labute approximate surface area is 219 Å². The number of alkyl halides is 3. The quantitative estimate of drug-likeness (QED) is 0.361. The van der Waals surface area contributed by atoms with E-state index in [1.807, 2.05) is 13.0 Å². The molecule has 0 saturated carbocycles. The molecule has 11 nitrogen and oxygen atoms in total. The zero-order valence-corrected chi connectivity index (χ0v) is 21.1. The number of hydrogen-bond acceptors (Lipinski definition) is 7. The molecular formula is C23H21ClF3N9O2. The molecule has 1 aromatic carbocycles. The maximum Gasteiger partial charge on any atom is 0.455 e. The first-order valence-corrected chi connectivity index (χ1v) is 11.6. The summed E-state index contributed by atoms with van der Waals surface area (Å²) in [5.41, 5.74) is 2.12. The van der Waals surface area contributed by atoms with Gasteiger partial charge in [-0.15, -0.1) is 10.2 Å². The number of anilines is 1. The van der Waals surface area contributed by atoms with Crippen molar-refractivity contribution in [1.82, 2.24) is 40.3 Å². The first-order chi connectivity index (χ1) is 18.0. The third kappa shape index (κ3) is 5.64. The van der Waals surface area contributed by atoms with Crippen LogP contribution in [0, 0.1) is 13.8 Å². The third-order valence-corrected chi connectivity index (χ3v) is 5.54. The summed E-state index contributed by atoms with van der Waals surface area (Å²) in [4.78, 5) is 31.1. The number of hydrogen-bond donors (Lipinski definition) is 2. The van der Waals surface area contributed by atoms with E-state index in [-0.39, 0.29) is 40.2 Å². The molecule has 0 spiro atoms. The Kier molecular flexibility index (Phi) is 7.44. The van der Waals surface area contributed by atoms with Crippen LogP contribution in [-0.4, -0.2) is 53.3 Å². The standard InChI is InChI=1S/C23H21ClF3N9O2/c1-4-28-20(37)15-9-12(2)8-13(3)18(15)30-21(38)17-10-14(11-35-33-22(31-34-35)23(25,26)27)32-36(17)19-16(24)6-5-7-29-19/h5-10H,4,11H2,1-3H3,(H,28,37)(H,30,38). The zero-order chi connectivity index (χ0) is 27.6. The van der Waals surface area contributed by atoms with Gasteiger partial charge in [0.05, 0.1) is 22.0 Å². The van der Waals surface area contributed by atoms with Gasteiger partial charge in [0, 0.05) is 12.7 Å². The van der Waals surface area contributed by atoms with E-state index >= 15 is 0 Å². The smallest absolute Gasteiger partial charge is 0.352 e. The molecule has 2 amide bonds. The van der Waals surface area contributed by atoms with Gasteiger partial charge in [0.15, 0.2) is 5.82 Å². The maximum absolute atomic E-state index is 13.5. The molecule has 0 bridgehead atoms. The van der Waals surface area contributed by atoms with Crippen molar-refractivity contribution in [2.75, 3.05) is 11.9 Å². The van der Waals surface area contributed by atoms with Crippen LogP contribution in [0.5, 0.6) is 0 Å². The number of aryl methyl sites for hydroxylation is 2. The van der Waals surface area contributed by atoms with Crippen LogP contribution in [0.2, 0.25) is 5.02 Å².